The quantitative estimate of drug-likeness (QED) is 0.594. The summed E-state index contributed by atoms with van der Waals surface area (Å²) in [6.07, 6.45) is 0.831. The highest BCUT2D eigenvalue weighted by Gasteiger charge is 2.18. The van der Waals surface area contributed by atoms with Crippen LogP contribution in [0.1, 0.15) is 35.4 Å². The summed E-state index contributed by atoms with van der Waals surface area (Å²) in [6, 6.07) is 8.20. The molecule has 0 aliphatic rings. The van der Waals surface area contributed by atoms with E-state index in [-0.39, 0.29) is 12.3 Å². The van der Waals surface area contributed by atoms with E-state index in [9.17, 15) is 9.59 Å². The summed E-state index contributed by atoms with van der Waals surface area (Å²) >= 11 is 5.90. The molecule has 0 N–H and O–H groups in total. The lowest BCUT2D eigenvalue weighted by Gasteiger charge is -2.11. The predicted molar refractivity (Wildman–Crippen MR) is 96.8 cm³/mol. The van der Waals surface area contributed by atoms with E-state index in [0.29, 0.717) is 28.8 Å². The molecule has 1 aromatic carbocycles. The van der Waals surface area contributed by atoms with Crippen LogP contribution in [0.5, 0.6) is 0 Å². The predicted octanol–water partition coefficient (Wildman–Crippen LogP) is 1.95. The summed E-state index contributed by atoms with van der Waals surface area (Å²) in [5.41, 5.74) is 0.407. The largest absolute Gasteiger partial charge is 0.453 e. The third-order valence-corrected chi connectivity index (χ3v) is 4.00. The number of aromatic nitrogens is 6. The molecule has 0 bridgehead atoms. The molecule has 0 fully saturated rings. The third-order valence-electron chi connectivity index (χ3n) is 3.75. The van der Waals surface area contributed by atoms with Crippen molar-refractivity contribution < 1.29 is 9.53 Å². The molecule has 140 valence electrons. The smallest absolute Gasteiger partial charge is 0.363 e. The van der Waals surface area contributed by atoms with E-state index >= 15 is 0 Å². The Hall–Kier alpha value is -3.07. The molecule has 9 nitrogen and oxygen atoms in total. The van der Waals surface area contributed by atoms with Gasteiger partial charge in [-0.15, -0.1) is 5.10 Å². The molecule has 3 aromatic rings. The number of rotatable bonds is 6. The highest BCUT2D eigenvalue weighted by Crippen LogP contribution is 2.14. The number of esters is 1. The number of benzene rings is 1. The first-order chi connectivity index (χ1) is 13.0. The number of hydrogen-bond acceptors (Lipinski definition) is 7. The standard InChI is InChI=1S/C17H17ClN6O3/c1-3-8-23-15(19-21-22-23)10-27-17(26)16-14(25)9-11(2)24(20-16)13-6-4-12(18)5-7-13/h4-7,9H,3,8,10H2,1-2H3. The van der Waals surface area contributed by atoms with Gasteiger partial charge < -0.3 is 4.74 Å². The van der Waals surface area contributed by atoms with Crippen LogP contribution in [-0.2, 0) is 17.9 Å². The molecule has 0 atom stereocenters. The van der Waals surface area contributed by atoms with Crippen molar-refractivity contribution in [2.45, 2.75) is 33.4 Å². The second kappa shape index (κ2) is 8.09. The molecular weight excluding hydrogens is 372 g/mol. The summed E-state index contributed by atoms with van der Waals surface area (Å²) in [6.45, 7) is 4.15. The van der Waals surface area contributed by atoms with E-state index in [0.717, 1.165) is 6.42 Å². The van der Waals surface area contributed by atoms with E-state index in [1.807, 2.05) is 6.92 Å². The van der Waals surface area contributed by atoms with Gasteiger partial charge in [-0.05, 0) is 48.0 Å². The molecule has 0 aliphatic carbocycles. The van der Waals surface area contributed by atoms with Gasteiger partial charge in [-0.1, -0.05) is 18.5 Å². The first-order valence-electron chi connectivity index (χ1n) is 8.28. The monoisotopic (exact) mass is 388 g/mol. The molecule has 2 heterocycles. The minimum Gasteiger partial charge on any atom is -0.453 e. The highest BCUT2D eigenvalue weighted by atomic mass is 35.5. The number of carbonyl (C=O) groups is 1. The van der Waals surface area contributed by atoms with Crippen molar-refractivity contribution in [2.24, 2.45) is 0 Å². The average Bonchev–Trinajstić information content (AvgIpc) is 3.08. The average molecular weight is 389 g/mol. The van der Waals surface area contributed by atoms with Crippen molar-refractivity contribution in [1.82, 2.24) is 30.0 Å². The molecule has 10 heteroatoms. The van der Waals surface area contributed by atoms with E-state index in [1.165, 1.54) is 10.7 Å². The minimum atomic E-state index is -0.839. The van der Waals surface area contributed by atoms with Gasteiger partial charge in [0.25, 0.3) is 0 Å². The lowest BCUT2D eigenvalue weighted by molar-refractivity contribution is 0.0445. The summed E-state index contributed by atoms with van der Waals surface area (Å²) in [4.78, 5) is 24.6. The number of carbonyl (C=O) groups excluding carboxylic acids is 1. The van der Waals surface area contributed by atoms with Crippen LogP contribution >= 0.6 is 11.6 Å². The van der Waals surface area contributed by atoms with Crippen LogP contribution < -0.4 is 5.43 Å². The molecule has 0 aliphatic heterocycles. The first kappa shape index (κ1) is 18.7. The molecule has 0 unspecified atom stereocenters. The topological polar surface area (TPSA) is 105 Å². The van der Waals surface area contributed by atoms with Crippen LogP contribution in [0, 0.1) is 6.92 Å². The molecular formula is C17H17ClN6O3. The Kier molecular flexibility index (Phi) is 5.60. The van der Waals surface area contributed by atoms with Crippen molar-refractivity contribution in [1.29, 1.82) is 0 Å². The summed E-state index contributed by atoms with van der Waals surface area (Å²) in [7, 11) is 0. The number of hydrogen-bond donors (Lipinski definition) is 0. The van der Waals surface area contributed by atoms with Gasteiger partial charge in [0.15, 0.2) is 12.4 Å². The number of nitrogens with zero attached hydrogens (tertiary/aromatic N) is 6. The Bertz CT molecular complexity index is 1010. The van der Waals surface area contributed by atoms with Gasteiger partial charge in [-0.25, -0.2) is 14.2 Å². The van der Waals surface area contributed by atoms with Gasteiger partial charge >= 0.3 is 5.97 Å². The maximum Gasteiger partial charge on any atom is 0.363 e. The highest BCUT2D eigenvalue weighted by molar-refractivity contribution is 6.30. The molecule has 0 amide bonds. The van der Waals surface area contributed by atoms with Crippen molar-refractivity contribution in [2.75, 3.05) is 0 Å². The molecule has 2 aromatic heterocycles. The van der Waals surface area contributed by atoms with Crippen LogP contribution in [0.2, 0.25) is 5.02 Å². The fraction of sp³-hybridized carbons (Fsp3) is 0.294. The lowest BCUT2D eigenvalue weighted by atomic mass is 10.3. The van der Waals surface area contributed by atoms with Gasteiger partial charge in [-0.3, -0.25) is 4.79 Å². The summed E-state index contributed by atoms with van der Waals surface area (Å²) in [5.74, 6) is -0.441. The van der Waals surface area contributed by atoms with Crippen molar-refractivity contribution >= 4 is 17.6 Å². The van der Waals surface area contributed by atoms with Crippen molar-refractivity contribution in [3.8, 4) is 5.69 Å². The molecule has 3 rings (SSSR count). The molecule has 27 heavy (non-hydrogen) atoms. The number of tetrazole rings is 1. The van der Waals surface area contributed by atoms with Crippen LogP contribution in [0.4, 0.5) is 0 Å². The zero-order valence-electron chi connectivity index (χ0n) is 14.8. The third kappa shape index (κ3) is 4.20. The van der Waals surface area contributed by atoms with Crippen LogP contribution in [-0.4, -0.2) is 36.0 Å². The molecule has 0 saturated carbocycles. The maximum absolute atomic E-state index is 12.4. The summed E-state index contributed by atoms with van der Waals surface area (Å²) in [5, 5.41) is 15.9. The lowest BCUT2D eigenvalue weighted by Crippen LogP contribution is -2.24. The van der Waals surface area contributed by atoms with Gasteiger partial charge in [0.05, 0.1) is 5.69 Å². The fourth-order valence-electron chi connectivity index (χ4n) is 2.44. The van der Waals surface area contributed by atoms with E-state index in [4.69, 9.17) is 16.3 Å². The van der Waals surface area contributed by atoms with Crippen LogP contribution in [0.3, 0.4) is 0 Å². The molecule has 0 radical (unpaired) electrons. The Morgan fingerprint density at radius 1 is 1.26 bits per heavy atom. The Balaban J connectivity index is 1.84. The van der Waals surface area contributed by atoms with Crippen molar-refractivity contribution in [3.05, 3.63) is 62.8 Å². The molecule has 0 saturated heterocycles. The van der Waals surface area contributed by atoms with Gasteiger partial charge in [0.2, 0.25) is 11.1 Å². The van der Waals surface area contributed by atoms with Crippen LogP contribution in [0.15, 0.2) is 35.1 Å². The summed E-state index contributed by atoms with van der Waals surface area (Å²) < 4.78 is 8.22. The minimum absolute atomic E-state index is 0.151. The Morgan fingerprint density at radius 3 is 2.70 bits per heavy atom. The van der Waals surface area contributed by atoms with Gasteiger partial charge in [0.1, 0.15) is 0 Å². The van der Waals surface area contributed by atoms with Gasteiger partial charge in [0, 0.05) is 23.3 Å². The Morgan fingerprint density at radius 2 is 2.00 bits per heavy atom. The zero-order valence-corrected chi connectivity index (χ0v) is 15.5. The SMILES string of the molecule is CCCn1nnnc1COC(=O)c1nn(-c2ccc(Cl)cc2)c(C)cc1=O. The maximum atomic E-state index is 12.4. The zero-order chi connectivity index (χ0) is 19.4. The Labute approximate surface area is 159 Å². The van der Waals surface area contributed by atoms with E-state index < -0.39 is 11.4 Å². The second-order valence-corrected chi connectivity index (χ2v) is 6.22. The normalized spacial score (nSPS) is 10.8. The fourth-order valence-corrected chi connectivity index (χ4v) is 2.57. The van der Waals surface area contributed by atoms with Crippen LogP contribution in [0.25, 0.3) is 5.69 Å². The van der Waals surface area contributed by atoms with Crippen molar-refractivity contribution in [3.63, 3.8) is 0 Å². The number of halogens is 1. The van der Waals surface area contributed by atoms with E-state index in [1.54, 1.807) is 35.9 Å². The second-order valence-electron chi connectivity index (χ2n) is 5.78. The van der Waals surface area contributed by atoms with Gasteiger partial charge in [-0.2, -0.15) is 5.10 Å². The van der Waals surface area contributed by atoms with E-state index in [2.05, 4.69) is 20.6 Å². The number of ether oxygens (including phenoxy) is 1. The first-order valence-corrected chi connectivity index (χ1v) is 8.66. The number of aryl methyl sites for hydroxylation is 2. The molecule has 0 spiro atoms.